The number of carbonyl (C=O) groups is 1. The van der Waals surface area contributed by atoms with Crippen molar-refractivity contribution in [3.05, 3.63) is 69.7 Å². The van der Waals surface area contributed by atoms with Gasteiger partial charge in [-0.3, -0.25) is 4.79 Å². The van der Waals surface area contributed by atoms with Gasteiger partial charge < -0.3 is 0 Å². The summed E-state index contributed by atoms with van der Waals surface area (Å²) < 4.78 is 1.05. The minimum atomic E-state index is 0.335. The maximum atomic E-state index is 12.1. The van der Waals surface area contributed by atoms with Crippen LogP contribution in [0, 0.1) is 0 Å². The largest absolute Gasteiger partial charge is 0.299 e. The molecule has 3 rings (SSSR count). The van der Waals surface area contributed by atoms with Crippen LogP contribution in [0.15, 0.2) is 53.0 Å². The second kappa shape index (κ2) is 5.30. The second-order valence-electron chi connectivity index (χ2n) is 5.15. The van der Waals surface area contributed by atoms with Gasteiger partial charge in [0.25, 0.3) is 0 Å². The first-order valence-electron chi connectivity index (χ1n) is 6.56. The molecule has 1 nitrogen and oxygen atoms in total. The van der Waals surface area contributed by atoms with E-state index in [1.807, 2.05) is 24.3 Å². The topological polar surface area (TPSA) is 17.1 Å². The Hall–Kier alpha value is -1.41. The normalized spacial score (nSPS) is 16.6. The van der Waals surface area contributed by atoms with Crippen LogP contribution in [-0.4, -0.2) is 5.78 Å². The van der Waals surface area contributed by atoms with E-state index in [0.29, 0.717) is 24.5 Å². The summed E-state index contributed by atoms with van der Waals surface area (Å²) in [6, 6.07) is 16.4. The summed E-state index contributed by atoms with van der Waals surface area (Å²) in [5.41, 5.74) is 3.87. The molecule has 0 N–H and O–H groups in total. The minimum Gasteiger partial charge on any atom is -0.299 e. The Labute approximate surface area is 121 Å². The van der Waals surface area contributed by atoms with Gasteiger partial charge in [0.1, 0.15) is 5.78 Å². The first-order valence-corrected chi connectivity index (χ1v) is 7.35. The molecule has 0 bridgehead atoms. The summed E-state index contributed by atoms with van der Waals surface area (Å²) in [5.74, 6) is 0.779. The van der Waals surface area contributed by atoms with Crippen molar-refractivity contribution in [1.82, 2.24) is 0 Å². The van der Waals surface area contributed by atoms with Crippen molar-refractivity contribution in [2.75, 3.05) is 0 Å². The van der Waals surface area contributed by atoms with Crippen LogP contribution in [0.3, 0.4) is 0 Å². The van der Waals surface area contributed by atoms with E-state index in [-0.39, 0.29) is 0 Å². The molecule has 0 saturated carbocycles. The smallest absolute Gasteiger partial charge is 0.137 e. The van der Waals surface area contributed by atoms with Gasteiger partial charge in [0.15, 0.2) is 0 Å². The molecule has 0 fully saturated rings. The number of fused-ring (bicyclic) bond motifs is 1. The van der Waals surface area contributed by atoms with Gasteiger partial charge in [-0.1, -0.05) is 52.3 Å². The van der Waals surface area contributed by atoms with Gasteiger partial charge in [-0.25, -0.2) is 0 Å². The lowest BCUT2D eigenvalue weighted by atomic mass is 9.75. The second-order valence-corrected chi connectivity index (χ2v) is 6.06. The molecule has 96 valence electrons. The molecule has 1 aliphatic carbocycles. The van der Waals surface area contributed by atoms with Crippen LogP contribution in [-0.2, 0) is 17.6 Å². The lowest BCUT2D eigenvalue weighted by Crippen LogP contribution is -2.20. The van der Waals surface area contributed by atoms with Crippen molar-refractivity contribution in [1.29, 1.82) is 0 Å². The Morgan fingerprint density at radius 1 is 1.11 bits per heavy atom. The van der Waals surface area contributed by atoms with Gasteiger partial charge in [0, 0.05) is 17.3 Å². The van der Waals surface area contributed by atoms with Gasteiger partial charge >= 0.3 is 0 Å². The SMILES string of the molecule is O=C(Cc1ccc(Br)cc1)CC1Cc2ccccc21. The highest BCUT2D eigenvalue weighted by Gasteiger charge is 2.27. The third kappa shape index (κ3) is 2.79. The number of carbonyl (C=O) groups excluding carboxylic acids is 1. The lowest BCUT2D eigenvalue weighted by molar-refractivity contribution is -0.118. The number of hydrogen-bond donors (Lipinski definition) is 0. The third-order valence-corrected chi connectivity index (χ3v) is 4.28. The Balaban J connectivity index is 1.60. The molecule has 0 heterocycles. The molecular weight excluding hydrogens is 300 g/mol. The monoisotopic (exact) mass is 314 g/mol. The van der Waals surface area contributed by atoms with Crippen molar-refractivity contribution in [3.8, 4) is 0 Å². The highest BCUT2D eigenvalue weighted by Crippen LogP contribution is 2.37. The Kier molecular flexibility index (Phi) is 3.52. The summed E-state index contributed by atoms with van der Waals surface area (Å²) in [6.45, 7) is 0. The Morgan fingerprint density at radius 2 is 1.84 bits per heavy atom. The first kappa shape index (κ1) is 12.6. The number of halogens is 1. The Bertz CT molecular complexity index is 601. The molecule has 0 amide bonds. The minimum absolute atomic E-state index is 0.335. The van der Waals surface area contributed by atoms with E-state index in [1.165, 1.54) is 11.1 Å². The zero-order valence-corrected chi connectivity index (χ0v) is 12.2. The number of Topliss-reactive ketones (excluding diaryl/α,β-unsaturated/α-hetero) is 1. The summed E-state index contributed by atoms with van der Waals surface area (Å²) in [5, 5.41) is 0. The van der Waals surface area contributed by atoms with Gasteiger partial charge in [-0.2, -0.15) is 0 Å². The molecule has 0 saturated heterocycles. The van der Waals surface area contributed by atoms with Gasteiger partial charge in [-0.05, 0) is 41.2 Å². The fraction of sp³-hybridized carbons (Fsp3) is 0.235. The summed E-state index contributed by atoms with van der Waals surface area (Å²) in [4.78, 5) is 12.1. The quantitative estimate of drug-likeness (QED) is 0.822. The number of rotatable bonds is 4. The van der Waals surface area contributed by atoms with Crippen LogP contribution in [0.2, 0.25) is 0 Å². The number of ketones is 1. The van der Waals surface area contributed by atoms with Crippen molar-refractivity contribution < 1.29 is 4.79 Å². The zero-order chi connectivity index (χ0) is 13.2. The van der Waals surface area contributed by atoms with Crippen LogP contribution in [0.1, 0.15) is 29.0 Å². The van der Waals surface area contributed by atoms with Crippen molar-refractivity contribution in [3.63, 3.8) is 0 Å². The number of benzene rings is 2. The predicted octanol–water partition coefficient (Wildman–Crippen LogP) is 4.29. The lowest BCUT2D eigenvalue weighted by Gasteiger charge is -2.29. The van der Waals surface area contributed by atoms with Crippen LogP contribution in [0.4, 0.5) is 0 Å². The van der Waals surface area contributed by atoms with Gasteiger partial charge in [0.05, 0.1) is 0 Å². The van der Waals surface area contributed by atoms with Crippen molar-refractivity contribution in [2.45, 2.75) is 25.2 Å². The third-order valence-electron chi connectivity index (χ3n) is 3.75. The maximum Gasteiger partial charge on any atom is 0.137 e. The first-order chi connectivity index (χ1) is 9.22. The van der Waals surface area contributed by atoms with Gasteiger partial charge in [-0.15, -0.1) is 0 Å². The fourth-order valence-corrected chi connectivity index (χ4v) is 2.99. The average molecular weight is 315 g/mol. The Morgan fingerprint density at radius 3 is 2.58 bits per heavy atom. The van der Waals surface area contributed by atoms with E-state index in [4.69, 9.17) is 0 Å². The molecule has 2 heteroatoms. The molecular formula is C17H15BrO. The van der Waals surface area contributed by atoms with Crippen LogP contribution >= 0.6 is 15.9 Å². The molecule has 0 aliphatic heterocycles. The van der Waals surface area contributed by atoms with Crippen molar-refractivity contribution in [2.24, 2.45) is 0 Å². The van der Waals surface area contributed by atoms with Crippen LogP contribution in [0.25, 0.3) is 0 Å². The molecule has 1 atom stereocenters. The predicted molar refractivity (Wildman–Crippen MR) is 80.4 cm³/mol. The average Bonchev–Trinajstić information content (AvgIpc) is 2.39. The zero-order valence-electron chi connectivity index (χ0n) is 10.6. The number of hydrogen-bond acceptors (Lipinski definition) is 1. The van der Waals surface area contributed by atoms with E-state index >= 15 is 0 Å². The molecule has 1 unspecified atom stereocenters. The molecule has 0 radical (unpaired) electrons. The summed E-state index contributed by atoms with van der Waals surface area (Å²) in [6.07, 6.45) is 2.28. The fourth-order valence-electron chi connectivity index (χ4n) is 2.72. The standard InChI is InChI=1S/C17H15BrO/c18-15-7-5-12(6-8-15)9-16(19)11-14-10-13-3-1-2-4-17(13)14/h1-8,14H,9-11H2. The van der Waals surface area contributed by atoms with E-state index in [0.717, 1.165) is 16.5 Å². The molecule has 1 aliphatic rings. The molecule has 0 spiro atoms. The molecule has 2 aromatic carbocycles. The molecule has 19 heavy (non-hydrogen) atoms. The van der Waals surface area contributed by atoms with E-state index in [2.05, 4.69) is 40.2 Å². The highest BCUT2D eigenvalue weighted by atomic mass is 79.9. The highest BCUT2D eigenvalue weighted by molar-refractivity contribution is 9.10. The molecule has 0 aromatic heterocycles. The van der Waals surface area contributed by atoms with Crippen molar-refractivity contribution >= 4 is 21.7 Å². The van der Waals surface area contributed by atoms with E-state index < -0.39 is 0 Å². The maximum absolute atomic E-state index is 12.1. The van der Waals surface area contributed by atoms with Crippen LogP contribution in [0.5, 0.6) is 0 Å². The van der Waals surface area contributed by atoms with Gasteiger partial charge in [0.2, 0.25) is 0 Å². The van der Waals surface area contributed by atoms with E-state index in [9.17, 15) is 4.79 Å². The summed E-state index contributed by atoms with van der Waals surface area (Å²) >= 11 is 3.41. The van der Waals surface area contributed by atoms with E-state index in [1.54, 1.807) is 0 Å². The van der Waals surface area contributed by atoms with Crippen LogP contribution < -0.4 is 0 Å². The molecule has 2 aromatic rings. The summed E-state index contributed by atoms with van der Waals surface area (Å²) in [7, 11) is 0.